The lowest BCUT2D eigenvalue weighted by molar-refractivity contribution is -0.104. The second kappa shape index (κ2) is 7.37. The maximum absolute atomic E-state index is 9.69. The second-order valence-corrected chi connectivity index (χ2v) is 1.75. The number of rotatable bonds is 3. The van der Waals surface area contributed by atoms with Gasteiger partial charge in [0.1, 0.15) is 6.29 Å². The van der Waals surface area contributed by atoms with Crippen LogP contribution in [0, 0.1) is 0 Å². The van der Waals surface area contributed by atoms with Gasteiger partial charge in [-0.1, -0.05) is 40.2 Å². The number of aldehydes is 1. The van der Waals surface area contributed by atoms with Gasteiger partial charge in [0, 0.05) is 0 Å². The molecule has 0 atom stereocenters. The minimum absolute atomic E-state index is 0.738. The summed E-state index contributed by atoms with van der Waals surface area (Å²) in [7, 11) is 0. The first-order valence-corrected chi connectivity index (χ1v) is 3.37. The van der Waals surface area contributed by atoms with Crippen LogP contribution in [-0.4, -0.2) is 6.29 Å². The zero-order valence-electron chi connectivity index (χ0n) is 4.83. The van der Waals surface area contributed by atoms with Gasteiger partial charge in [-0.05, 0) is 11.1 Å². The van der Waals surface area contributed by atoms with Crippen molar-refractivity contribution in [2.75, 3.05) is 0 Å². The number of hydrogen-bond donors (Lipinski definition) is 0. The molecule has 0 saturated carbocycles. The molecule has 0 spiro atoms. The van der Waals surface area contributed by atoms with Crippen molar-refractivity contribution in [3.05, 3.63) is 35.4 Å². The molecule has 2 heteroatoms. The van der Waals surface area contributed by atoms with Gasteiger partial charge in [-0.15, -0.1) is 0 Å². The van der Waals surface area contributed by atoms with Crippen LogP contribution in [0.15, 0.2) is 35.4 Å². The quantitative estimate of drug-likeness (QED) is 0.376. The van der Waals surface area contributed by atoms with E-state index in [0.717, 1.165) is 6.29 Å². The summed E-state index contributed by atoms with van der Waals surface area (Å²) in [6.45, 7) is 0. The van der Waals surface area contributed by atoms with Crippen LogP contribution in [0.4, 0.5) is 0 Å². The minimum Gasteiger partial charge on any atom is -0.299 e. The van der Waals surface area contributed by atoms with Crippen molar-refractivity contribution in [3.63, 3.8) is 0 Å². The fourth-order valence-electron chi connectivity index (χ4n) is 0.280. The first-order valence-electron chi connectivity index (χ1n) is 2.45. The summed E-state index contributed by atoms with van der Waals surface area (Å²) in [5.41, 5.74) is 0. The number of hydrogen-bond acceptors (Lipinski definition) is 1. The molecule has 0 saturated heterocycles. The highest BCUT2D eigenvalue weighted by Gasteiger charge is 1.59. The van der Waals surface area contributed by atoms with E-state index < -0.39 is 0 Å². The molecular formula is C7H7BrO. The standard InChI is InChI=1S/C7H7BrO/c8-6-4-2-1-3-5-7-9/h1-7H/b2-1-,5-3+,6-4+. The molecule has 0 aliphatic heterocycles. The van der Waals surface area contributed by atoms with Gasteiger partial charge in [0.2, 0.25) is 0 Å². The van der Waals surface area contributed by atoms with E-state index in [4.69, 9.17) is 0 Å². The molecule has 0 bridgehead atoms. The highest BCUT2D eigenvalue weighted by molar-refractivity contribution is 9.11. The van der Waals surface area contributed by atoms with Crippen LogP contribution >= 0.6 is 15.9 Å². The van der Waals surface area contributed by atoms with Crippen LogP contribution < -0.4 is 0 Å². The number of carbonyl (C=O) groups excluding carboxylic acids is 1. The molecule has 0 aromatic heterocycles. The third-order valence-electron chi connectivity index (χ3n) is 0.596. The van der Waals surface area contributed by atoms with Gasteiger partial charge in [0.05, 0.1) is 0 Å². The molecule has 0 aromatic rings. The molecule has 0 amide bonds. The summed E-state index contributed by atoms with van der Waals surface area (Å²) in [4.78, 5) is 11.4. The van der Waals surface area contributed by atoms with E-state index in [-0.39, 0.29) is 0 Å². The van der Waals surface area contributed by atoms with Crippen LogP contribution in [0.2, 0.25) is 0 Å². The Morgan fingerprint density at radius 3 is 2.00 bits per heavy atom. The first kappa shape index (κ1) is 8.37. The van der Waals surface area contributed by atoms with E-state index in [1.54, 1.807) is 17.1 Å². The van der Waals surface area contributed by atoms with Crippen molar-refractivity contribution in [3.8, 4) is 0 Å². The summed E-state index contributed by atoms with van der Waals surface area (Å²) in [5, 5.41) is 0. The highest BCUT2D eigenvalue weighted by atomic mass is 79.9. The van der Waals surface area contributed by atoms with E-state index in [1.807, 2.05) is 12.2 Å². The molecule has 0 aliphatic carbocycles. The summed E-state index contributed by atoms with van der Waals surface area (Å²) >= 11 is 3.09. The number of carbonyl (C=O) groups is 1. The Kier molecular flexibility index (Phi) is 6.85. The van der Waals surface area contributed by atoms with Crippen LogP contribution in [0.1, 0.15) is 0 Å². The van der Waals surface area contributed by atoms with Crippen molar-refractivity contribution >= 4 is 22.2 Å². The van der Waals surface area contributed by atoms with E-state index in [1.165, 1.54) is 6.08 Å². The fraction of sp³-hybridized carbons (Fsp3) is 0. The SMILES string of the molecule is O=C/C=C/C=C\C=C\Br. The monoisotopic (exact) mass is 186 g/mol. The Balaban J connectivity index is 3.46. The molecule has 0 unspecified atom stereocenters. The molecule has 0 fully saturated rings. The molecule has 0 heterocycles. The van der Waals surface area contributed by atoms with Gasteiger partial charge < -0.3 is 0 Å². The Morgan fingerprint density at radius 1 is 0.889 bits per heavy atom. The average molecular weight is 187 g/mol. The van der Waals surface area contributed by atoms with Gasteiger partial charge in [-0.25, -0.2) is 0 Å². The zero-order chi connectivity index (χ0) is 6.95. The Bertz CT molecular complexity index is 145. The number of allylic oxidation sites excluding steroid dienone is 5. The zero-order valence-corrected chi connectivity index (χ0v) is 6.41. The molecule has 1 nitrogen and oxygen atoms in total. The van der Waals surface area contributed by atoms with E-state index in [9.17, 15) is 4.79 Å². The summed E-state index contributed by atoms with van der Waals surface area (Å²) in [6, 6.07) is 0. The lowest BCUT2D eigenvalue weighted by Crippen LogP contribution is -1.54. The third kappa shape index (κ3) is 7.37. The Morgan fingerprint density at radius 2 is 1.44 bits per heavy atom. The van der Waals surface area contributed by atoms with Crippen molar-refractivity contribution < 1.29 is 4.79 Å². The lowest BCUT2D eigenvalue weighted by atomic mass is 10.4. The first-order chi connectivity index (χ1) is 4.41. The molecule has 0 aromatic carbocycles. The summed E-state index contributed by atoms with van der Waals surface area (Å²) < 4.78 is 0. The Hall–Kier alpha value is -0.630. The second-order valence-electron chi connectivity index (χ2n) is 1.22. The van der Waals surface area contributed by atoms with Gasteiger partial charge in [0.25, 0.3) is 0 Å². The predicted octanol–water partition coefficient (Wildman–Crippen LogP) is 2.21. The average Bonchev–Trinajstić information content (AvgIpc) is 1.89. The molecule has 0 rings (SSSR count). The van der Waals surface area contributed by atoms with Gasteiger partial charge in [-0.3, -0.25) is 4.79 Å². The predicted molar refractivity (Wildman–Crippen MR) is 42.4 cm³/mol. The van der Waals surface area contributed by atoms with Crippen molar-refractivity contribution in [1.29, 1.82) is 0 Å². The fourth-order valence-corrected chi connectivity index (χ4v) is 0.456. The molecule has 0 radical (unpaired) electrons. The van der Waals surface area contributed by atoms with Gasteiger partial charge in [0.15, 0.2) is 0 Å². The normalized spacial score (nSPS) is 12.1. The van der Waals surface area contributed by atoms with Crippen molar-refractivity contribution in [2.45, 2.75) is 0 Å². The van der Waals surface area contributed by atoms with Crippen molar-refractivity contribution in [1.82, 2.24) is 0 Å². The molecule has 9 heavy (non-hydrogen) atoms. The smallest absolute Gasteiger partial charge is 0.142 e. The van der Waals surface area contributed by atoms with E-state index in [2.05, 4.69) is 15.9 Å². The molecular weight excluding hydrogens is 180 g/mol. The molecule has 48 valence electrons. The largest absolute Gasteiger partial charge is 0.299 e. The van der Waals surface area contributed by atoms with Crippen LogP contribution in [0.3, 0.4) is 0 Å². The maximum Gasteiger partial charge on any atom is 0.142 e. The van der Waals surface area contributed by atoms with Crippen LogP contribution in [0.25, 0.3) is 0 Å². The highest BCUT2D eigenvalue weighted by Crippen LogP contribution is 1.83. The maximum atomic E-state index is 9.69. The molecule has 0 N–H and O–H groups in total. The van der Waals surface area contributed by atoms with Crippen molar-refractivity contribution in [2.24, 2.45) is 0 Å². The lowest BCUT2D eigenvalue weighted by Gasteiger charge is -1.67. The molecule has 0 aliphatic rings. The topological polar surface area (TPSA) is 17.1 Å². The van der Waals surface area contributed by atoms with Gasteiger partial charge >= 0.3 is 0 Å². The van der Waals surface area contributed by atoms with Crippen LogP contribution in [-0.2, 0) is 4.79 Å². The summed E-state index contributed by atoms with van der Waals surface area (Å²) in [6.07, 6.45) is 9.23. The summed E-state index contributed by atoms with van der Waals surface area (Å²) in [5.74, 6) is 0. The number of halogens is 1. The Labute approximate surface area is 62.9 Å². The third-order valence-corrected chi connectivity index (χ3v) is 0.901. The van der Waals surface area contributed by atoms with Crippen LogP contribution in [0.5, 0.6) is 0 Å². The van der Waals surface area contributed by atoms with E-state index >= 15 is 0 Å². The minimum atomic E-state index is 0.738. The van der Waals surface area contributed by atoms with Gasteiger partial charge in [-0.2, -0.15) is 0 Å². The van der Waals surface area contributed by atoms with E-state index in [0.29, 0.717) is 0 Å².